The molecule has 1 aliphatic rings. The molecule has 258 valence electrons. The van der Waals surface area contributed by atoms with Gasteiger partial charge in [-0.3, -0.25) is 9.59 Å². The van der Waals surface area contributed by atoms with Gasteiger partial charge in [0.05, 0.1) is 16.3 Å². The van der Waals surface area contributed by atoms with Gasteiger partial charge in [-0.15, -0.1) is 23.1 Å². The average Bonchev–Trinajstić information content (AvgIpc) is 3.79. The maximum absolute atomic E-state index is 14.5. The van der Waals surface area contributed by atoms with Gasteiger partial charge in [-0.05, 0) is 41.2 Å². The van der Waals surface area contributed by atoms with Crippen molar-refractivity contribution in [3.8, 4) is 0 Å². The molecule has 9 nitrogen and oxygen atoms in total. The van der Waals surface area contributed by atoms with Crippen molar-refractivity contribution in [2.24, 2.45) is 5.92 Å². The summed E-state index contributed by atoms with van der Waals surface area (Å²) in [7, 11) is 0. The Bertz CT molecular complexity index is 1860. The van der Waals surface area contributed by atoms with Crippen LogP contribution in [0.1, 0.15) is 47.0 Å². The van der Waals surface area contributed by atoms with Gasteiger partial charge in [-0.2, -0.15) is 0 Å². The summed E-state index contributed by atoms with van der Waals surface area (Å²) in [5.74, 6) is -0.749. The van der Waals surface area contributed by atoms with Crippen molar-refractivity contribution >= 4 is 51.2 Å². The van der Waals surface area contributed by atoms with E-state index < -0.39 is 35.7 Å². The van der Waals surface area contributed by atoms with Crippen LogP contribution in [0.4, 0.5) is 4.79 Å². The second-order valence-corrected chi connectivity index (χ2v) is 14.7. The summed E-state index contributed by atoms with van der Waals surface area (Å²) < 4.78 is 6.41. The summed E-state index contributed by atoms with van der Waals surface area (Å²) in [6, 6.07) is 33.6. The molecule has 0 radical (unpaired) electrons. The van der Waals surface area contributed by atoms with Crippen LogP contribution in [0.2, 0.25) is 0 Å². The predicted molar refractivity (Wildman–Crippen MR) is 197 cm³/mol. The summed E-state index contributed by atoms with van der Waals surface area (Å²) in [6.07, 6.45) is -1.46. The van der Waals surface area contributed by atoms with E-state index in [-0.39, 0.29) is 24.3 Å². The lowest BCUT2D eigenvalue weighted by atomic mass is 9.99. The molecule has 1 saturated heterocycles. The first-order valence-electron chi connectivity index (χ1n) is 16.6. The summed E-state index contributed by atoms with van der Waals surface area (Å²) in [6.45, 7) is 3.75. The van der Waals surface area contributed by atoms with E-state index >= 15 is 0 Å². The van der Waals surface area contributed by atoms with Crippen molar-refractivity contribution in [2.75, 3.05) is 5.75 Å². The van der Waals surface area contributed by atoms with E-state index in [1.165, 1.54) is 23.1 Å². The van der Waals surface area contributed by atoms with Crippen LogP contribution in [0.5, 0.6) is 0 Å². The fourth-order valence-corrected chi connectivity index (χ4v) is 8.45. The van der Waals surface area contributed by atoms with E-state index in [1.54, 1.807) is 4.90 Å². The number of hydrogen-bond donors (Lipinski definition) is 3. The van der Waals surface area contributed by atoms with Crippen molar-refractivity contribution in [2.45, 2.75) is 56.5 Å². The SMILES string of the molecule is CC(C)[C@H](NC(=O)OCc1ccccc1)C(=O)N1C(c2ccccc2)SC[C@H]1C(=O)N[C@@H](Cc1ccccc1)C(O)c1nc2ccccc2s1. The van der Waals surface area contributed by atoms with Crippen molar-refractivity contribution in [1.82, 2.24) is 20.5 Å². The van der Waals surface area contributed by atoms with Crippen LogP contribution in [0.25, 0.3) is 10.2 Å². The molecule has 5 atom stereocenters. The van der Waals surface area contributed by atoms with E-state index in [1.807, 2.05) is 129 Å². The van der Waals surface area contributed by atoms with E-state index in [9.17, 15) is 19.5 Å². The molecular formula is C39H40N4O5S2. The first-order valence-corrected chi connectivity index (χ1v) is 18.5. The zero-order valence-corrected chi connectivity index (χ0v) is 29.5. The number of aliphatic hydroxyl groups is 1. The molecule has 0 bridgehead atoms. The van der Waals surface area contributed by atoms with E-state index in [0.29, 0.717) is 17.2 Å². The third-order valence-corrected chi connectivity index (χ3v) is 11.1. The number of para-hydroxylation sites is 1. The summed E-state index contributed by atoms with van der Waals surface area (Å²) in [4.78, 5) is 48.1. The van der Waals surface area contributed by atoms with Crippen LogP contribution in [0, 0.1) is 5.92 Å². The number of thioether (sulfide) groups is 1. The maximum atomic E-state index is 14.5. The highest BCUT2D eigenvalue weighted by molar-refractivity contribution is 7.99. The number of ether oxygens (including phenoxy) is 1. The topological polar surface area (TPSA) is 121 Å². The molecule has 3 N–H and O–H groups in total. The highest BCUT2D eigenvalue weighted by Crippen LogP contribution is 2.42. The van der Waals surface area contributed by atoms with Crippen molar-refractivity contribution in [1.29, 1.82) is 0 Å². The number of carbonyl (C=O) groups is 3. The monoisotopic (exact) mass is 708 g/mol. The van der Waals surface area contributed by atoms with E-state index in [2.05, 4.69) is 15.6 Å². The third kappa shape index (κ3) is 8.35. The van der Waals surface area contributed by atoms with E-state index in [4.69, 9.17) is 4.74 Å². The molecule has 11 heteroatoms. The largest absolute Gasteiger partial charge is 0.445 e. The fourth-order valence-electron chi connectivity index (χ4n) is 6.00. The lowest BCUT2D eigenvalue weighted by Gasteiger charge is -2.34. The van der Waals surface area contributed by atoms with Gasteiger partial charge in [0, 0.05) is 5.75 Å². The predicted octanol–water partition coefficient (Wildman–Crippen LogP) is 6.65. The highest BCUT2D eigenvalue weighted by Gasteiger charge is 2.46. The number of alkyl carbamates (subject to hydrolysis) is 1. The number of hydrogen-bond acceptors (Lipinski definition) is 8. The van der Waals surface area contributed by atoms with Gasteiger partial charge in [-0.25, -0.2) is 9.78 Å². The summed E-state index contributed by atoms with van der Waals surface area (Å²) >= 11 is 2.88. The average molecular weight is 709 g/mol. The Morgan fingerprint density at radius 3 is 2.14 bits per heavy atom. The molecule has 3 amide bonds. The molecule has 4 aromatic carbocycles. The molecule has 1 fully saturated rings. The number of benzene rings is 4. The molecule has 2 unspecified atom stereocenters. The van der Waals surface area contributed by atoms with Gasteiger partial charge >= 0.3 is 6.09 Å². The van der Waals surface area contributed by atoms with Gasteiger partial charge < -0.3 is 25.4 Å². The zero-order valence-electron chi connectivity index (χ0n) is 27.8. The third-order valence-electron chi connectivity index (χ3n) is 8.63. The Labute approximate surface area is 300 Å². The Hall–Kier alpha value is -4.71. The molecule has 0 saturated carbocycles. The second kappa shape index (κ2) is 16.3. The number of thiazole rings is 1. The number of aliphatic hydroxyl groups excluding tert-OH is 1. The van der Waals surface area contributed by atoms with Gasteiger partial charge in [0.25, 0.3) is 0 Å². The normalized spacial score (nSPS) is 17.6. The zero-order chi connectivity index (χ0) is 35.0. The van der Waals surface area contributed by atoms with Crippen LogP contribution in [-0.2, 0) is 27.4 Å². The Morgan fingerprint density at radius 1 is 0.860 bits per heavy atom. The van der Waals surface area contributed by atoms with Crippen molar-refractivity contribution in [3.05, 3.63) is 137 Å². The Balaban J connectivity index is 1.26. The first-order chi connectivity index (χ1) is 24.3. The number of rotatable bonds is 12. The molecule has 1 aromatic heterocycles. The minimum atomic E-state index is -1.09. The van der Waals surface area contributed by atoms with Gasteiger partial charge in [0.15, 0.2) is 0 Å². The second-order valence-electron chi connectivity index (χ2n) is 12.6. The Morgan fingerprint density at radius 2 is 1.48 bits per heavy atom. The highest BCUT2D eigenvalue weighted by atomic mass is 32.2. The first kappa shape index (κ1) is 35.1. The van der Waals surface area contributed by atoms with Crippen LogP contribution < -0.4 is 10.6 Å². The number of aromatic nitrogens is 1. The van der Waals surface area contributed by atoms with E-state index in [0.717, 1.165) is 26.9 Å². The number of fused-ring (bicyclic) bond motifs is 1. The minimum absolute atomic E-state index is 0.0582. The van der Waals surface area contributed by atoms with Crippen molar-refractivity contribution in [3.63, 3.8) is 0 Å². The van der Waals surface area contributed by atoms with Gasteiger partial charge in [-0.1, -0.05) is 117 Å². The number of nitrogens with one attached hydrogen (secondary N) is 2. The maximum Gasteiger partial charge on any atom is 0.408 e. The molecule has 6 rings (SSSR count). The molecule has 5 aromatic rings. The van der Waals surface area contributed by atoms with Crippen LogP contribution >= 0.6 is 23.1 Å². The molecule has 0 aliphatic carbocycles. The standard InChI is InChI=1S/C39H40N4O5S2/c1-25(2)33(42-39(47)48-23-27-16-8-4-9-17-27)37(46)43-31(24-49-38(43)28-18-10-5-11-19-28)35(45)40-30(22-26-14-6-3-7-15-26)34(44)36-41-29-20-12-13-21-32(29)50-36/h3-21,25,30-31,33-34,38,44H,22-24H2,1-2H3,(H,40,45)(H,42,47)/t30-,31-,33-,34?,38?/m0/s1. The fraction of sp³-hybridized carbons (Fsp3) is 0.282. The molecule has 2 heterocycles. The van der Waals surface area contributed by atoms with Crippen LogP contribution in [-0.4, -0.2) is 56.8 Å². The summed E-state index contributed by atoms with van der Waals surface area (Å²) in [5.41, 5.74) is 3.41. The van der Waals surface area contributed by atoms with Crippen LogP contribution in [0.3, 0.4) is 0 Å². The lowest BCUT2D eigenvalue weighted by molar-refractivity contribution is -0.142. The molecular weight excluding hydrogens is 669 g/mol. The minimum Gasteiger partial charge on any atom is -0.445 e. The molecule has 1 aliphatic heterocycles. The number of carbonyl (C=O) groups excluding carboxylic acids is 3. The van der Waals surface area contributed by atoms with Crippen LogP contribution in [0.15, 0.2) is 115 Å². The Kier molecular flexibility index (Phi) is 11.5. The molecule has 50 heavy (non-hydrogen) atoms. The van der Waals surface area contributed by atoms with Crippen molar-refractivity contribution < 1.29 is 24.2 Å². The number of nitrogens with zero attached hydrogens (tertiary/aromatic N) is 2. The van der Waals surface area contributed by atoms with Gasteiger partial charge in [0.1, 0.15) is 35.2 Å². The smallest absolute Gasteiger partial charge is 0.408 e. The summed E-state index contributed by atoms with van der Waals surface area (Å²) in [5, 5.41) is 17.6. The lowest BCUT2D eigenvalue weighted by Crippen LogP contribution is -2.57. The quantitative estimate of drug-likeness (QED) is 0.133. The van der Waals surface area contributed by atoms with Gasteiger partial charge in [0.2, 0.25) is 11.8 Å². The number of amides is 3. The molecule has 0 spiro atoms.